The maximum Gasteiger partial charge on any atom is 0.0603 e. The first-order valence-corrected chi connectivity index (χ1v) is 4.56. The Morgan fingerprint density at radius 2 is 2.25 bits per heavy atom. The Morgan fingerprint density at radius 3 is 3.06 bits per heavy atom. The van der Waals surface area contributed by atoms with Gasteiger partial charge in [0, 0.05) is 39.5 Å². The molecule has 0 amide bonds. The summed E-state index contributed by atoms with van der Waals surface area (Å²) in [6.45, 7) is 0. The first-order valence-electron chi connectivity index (χ1n) is 4.56. The molecule has 0 aliphatic carbocycles. The molecule has 0 fully saturated rings. The van der Waals surface area contributed by atoms with E-state index in [1.165, 1.54) is 0 Å². The Hall–Kier alpha value is -1.65. The van der Waals surface area contributed by atoms with Gasteiger partial charge in [0.15, 0.2) is 0 Å². The second-order valence-electron chi connectivity index (χ2n) is 3.30. The van der Waals surface area contributed by atoms with Gasteiger partial charge in [0.1, 0.15) is 0 Å². The van der Waals surface area contributed by atoms with Gasteiger partial charge in [0.05, 0.1) is 5.65 Å². The van der Waals surface area contributed by atoms with Crippen LogP contribution in [0.2, 0.25) is 0 Å². The summed E-state index contributed by atoms with van der Waals surface area (Å²) in [6.07, 6.45) is 5.57. The van der Waals surface area contributed by atoms with Crippen LogP contribution in [0.1, 0.15) is 5.56 Å². The number of nitrogens with zero attached hydrogens (tertiary/aromatic N) is 3. The molecule has 3 aromatic rings. The minimum Gasteiger partial charge on any atom is -0.347 e. The first kappa shape index (κ1) is 10.9. The molecule has 3 rings (SSSR count). The van der Waals surface area contributed by atoms with Crippen LogP contribution in [0.15, 0.2) is 36.8 Å². The van der Waals surface area contributed by atoms with Crippen LogP contribution in [-0.4, -0.2) is 9.38 Å². The first-order chi connectivity index (χ1) is 7.38. The third kappa shape index (κ3) is 1.52. The molecular weight excluding hydrogens is 381 g/mol. The van der Waals surface area contributed by atoms with Crippen LogP contribution in [0.4, 0.5) is 0 Å². The van der Waals surface area contributed by atoms with Gasteiger partial charge in [-0.1, -0.05) is 6.07 Å². The zero-order valence-corrected chi connectivity index (χ0v) is 10.4. The summed E-state index contributed by atoms with van der Waals surface area (Å²) in [4.78, 5) is 4.25. The quantitative estimate of drug-likeness (QED) is 0.555. The van der Waals surface area contributed by atoms with E-state index >= 15 is 0 Å². The second-order valence-corrected chi connectivity index (χ2v) is 3.30. The molecule has 16 heavy (non-hydrogen) atoms. The molecule has 0 aliphatic rings. The van der Waals surface area contributed by atoms with Crippen LogP contribution in [-0.2, 0) is 21.1 Å². The van der Waals surface area contributed by atoms with E-state index in [0.29, 0.717) is 5.56 Å². The van der Waals surface area contributed by atoms with Crippen molar-refractivity contribution >= 4 is 16.4 Å². The third-order valence-electron chi connectivity index (χ3n) is 2.41. The average Bonchev–Trinajstić information content (AvgIpc) is 2.76. The molecule has 1 aromatic carbocycles. The Bertz CT molecular complexity index is 694. The van der Waals surface area contributed by atoms with Crippen molar-refractivity contribution in [2.75, 3.05) is 0 Å². The molecule has 0 unspecified atom stereocenters. The maximum absolute atomic E-state index is 8.78. The molecule has 3 nitrogen and oxygen atoms in total. The summed E-state index contributed by atoms with van der Waals surface area (Å²) in [5.74, 6) is 0. The Balaban J connectivity index is 0.000000963. The summed E-state index contributed by atoms with van der Waals surface area (Å²) in [5, 5.41) is 10.7. The second kappa shape index (κ2) is 4.08. The molecule has 80 valence electrons. The van der Waals surface area contributed by atoms with E-state index in [0.717, 1.165) is 16.4 Å². The number of nitriles is 1. The molecule has 0 N–H and O–H groups in total. The Labute approximate surface area is 107 Å². The summed E-state index contributed by atoms with van der Waals surface area (Å²) >= 11 is 0. The minimum absolute atomic E-state index is 0. The summed E-state index contributed by atoms with van der Waals surface area (Å²) in [7, 11) is 0. The van der Waals surface area contributed by atoms with Crippen LogP contribution >= 0.6 is 0 Å². The number of imidazole rings is 1. The van der Waals surface area contributed by atoms with Gasteiger partial charge in [0.25, 0.3) is 0 Å². The standard InChI is InChI=1S/C12H6N3.Pt/c13-8-9-1-2-11-10(7-9)3-5-15-6-4-14-12(11)15;/h1,3-7H;/q-1;. The van der Waals surface area contributed by atoms with Crippen molar-refractivity contribution in [1.29, 1.82) is 5.26 Å². The number of rotatable bonds is 0. The van der Waals surface area contributed by atoms with E-state index in [1.54, 1.807) is 12.3 Å². The van der Waals surface area contributed by atoms with E-state index < -0.39 is 0 Å². The largest absolute Gasteiger partial charge is 0.347 e. The third-order valence-corrected chi connectivity index (χ3v) is 2.41. The van der Waals surface area contributed by atoms with Gasteiger partial charge in [-0.05, 0) is 11.8 Å². The van der Waals surface area contributed by atoms with Crippen molar-refractivity contribution in [3.05, 3.63) is 48.4 Å². The Morgan fingerprint density at radius 1 is 1.38 bits per heavy atom. The van der Waals surface area contributed by atoms with E-state index in [1.807, 2.05) is 28.9 Å². The summed E-state index contributed by atoms with van der Waals surface area (Å²) < 4.78 is 1.94. The summed E-state index contributed by atoms with van der Waals surface area (Å²) in [6, 6.07) is 10.7. The van der Waals surface area contributed by atoms with Gasteiger partial charge in [-0.15, -0.1) is 29.0 Å². The zero-order valence-electron chi connectivity index (χ0n) is 8.12. The van der Waals surface area contributed by atoms with E-state index in [2.05, 4.69) is 17.1 Å². The monoisotopic (exact) mass is 387 g/mol. The molecule has 2 aromatic heterocycles. The van der Waals surface area contributed by atoms with E-state index in [4.69, 9.17) is 5.26 Å². The van der Waals surface area contributed by atoms with Crippen molar-refractivity contribution < 1.29 is 21.1 Å². The average molecular weight is 387 g/mol. The molecule has 0 atom stereocenters. The minimum atomic E-state index is 0. The Kier molecular flexibility index (Phi) is 2.76. The van der Waals surface area contributed by atoms with Crippen LogP contribution in [0.25, 0.3) is 16.4 Å². The number of hydrogen-bond acceptors (Lipinski definition) is 2. The number of hydrogen-bond donors (Lipinski definition) is 0. The predicted molar refractivity (Wildman–Crippen MR) is 56.2 cm³/mol. The smallest absolute Gasteiger partial charge is 0.0603 e. The van der Waals surface area contributed by atoms with Crippen molar-refractivity contribution in [2.45, 2.75) is 0 Å². The predicted octanol–water partition coefficient (Wildman–Crippen LogP) is 2.16. The molecule has 0 spiro atoms. The van der Waals surface area contributed by atoms with Gasteiger partial charge in [0.2, 0.25) is 0 Å². The van der Waals surface area contributed by atoms with Crippen molar-refractivity contribution in [3.8, 4) is 6.07 Å². The molecule has 0 saturated carbocycles. The molecule has 2 heterocycles. The van der Waals surface area contributed by atoms with Crippen LogP contribution < -0.4 is 0 Å². The van der Waals surface area contributed by atoms with Gasteiger partial charge < -0.3 is 4.40 Å². The van der Waals surface area contributed by atoms with E-state index in [-0.39, 0.29) is 21.1 Å². The topological polar surface area (TPSA) is 41.1 Å². The molecule has 0 saturated heterocycles. The normalized spacial score (nSPS) is 9.94. The molecule has 0 bridgehead atoms. The number of fused-ring (bicyclic) bond motifs is 3. The number of aromatic nitrogens is 2. The van der Waals surface area contributed by atoms with Gasteiger partial charge >= 0.3 is 0 Å². The summed E-state index contributed by atoms with van der Waals surface area (Å²) in [5.41, 5.74) is 1.50. The fourth-order valence-corrected chi connectivity index (χ4v) is 1.69. The van der Waals surface area contributed by atoms with E-state index in [9.17, 15) is 0 Å². The van der Waals surface area contributed by atoms with Crippen LogP contribution in [0.3, 0.4) is 0 Å². The SMILES string of the molecule is N#Cc1c[c-]c2c(ccn3ccnc23)c1.[Pt]. The molecule has 0 aliphatic heterocycles. The zero-order chi connectivity index (χ0) is 10.3. The van der Waals surface area contributed by atoms with Crippen molar-refractivity contribution in [1.82, 2.24) is 9.38 Å². The van der Waals surface area contributed by atoms with Crippen LogP contribution in [0.5, 0.6) is 0 Å². The van der Waals surface area contributed by atoms with Gasteiger partial charge in [-0.2, -0.15) is 0 Å². The molecule has 4 heteroatoms. The number of benzene rings is 1. The molecule has 0 radical (unpaired) electrons. The fourth-order valence-electron chi connectivity index (χ4n) is 1.69. The van der Waals surface area contributed by atoms with Crippen molar-refractivity contribution in [3.63, 3.8) is 0 Å². The van der Waals surface area contributed by atoms with Crippen LogP contribution in [0, 0.1) is 17.4 Å². The molecular formula is C12H6N3Pt-. The van der Waals surface area contributed by atoms with Gasteiger partial charge in [-0.3, -0.25) is 4.98 Å². The van der Waals surface area contributed by atoms with Crippen molar-refractivity contribution in [2.24, 2.45) is 0 Å². The maximum atomic E-state index is 8.78. The fraction of sp³-hybridized carbons (Fsp3) is 0. The number of pyridine rings is 1. The van der Waals surface area contributed by atoms with Gasteiger partial charge in [-0.25, -0.2) is 5.26 Å².